The van der Waals surface area contributed by atoms with Crippen LogP contribution in [0.15, 0.2) is 12.2 Å². The summed E-state index contributed by atoms with van der Waals surface area (Å²) in [7, 11) is 2.47. The molecular formula is C11H13FO4. The maximum absolute atomic E-state index is 13.8. The highest BCUT2D eigenvalue weighted by molar-refractivity contribution is 5.84. The summed E-state index contributed by atoms with van der Waals surface area (Å²) in [5.74, 6) is -3.70. The second-order valence-electron chi connectivity index (χ2n) is 4.08. The first-order valence-electron chi connectivity index (χ1n) is 5.10. The molecule has 2 rings (SSSR count). The van der Waals surface area contributed by atoms with Crippen molar-refractivity contribution in [3.8, 4) is 0 Å². The van der Waals surface area contributed by atoms with Gasteiger partial charge in [0.15, 0.2) is 0 Å². The molecular weight excluding hydrogens is 215 g/mol. The summed E-state index contributed by atoms with van der Waals surface area (Å²) in [6.07, 6.45) is 2.11. The van der Waals surface area contributed by atoms with Crippen LogP contribution in [0.1, 0.15) is 0 Å². The molecule has 4 nitrogen and oxygen atoms in total. The van der Waals surface area contributed by atoms with Gasteiger partial charge in [-0.05, 0) is 0 Å². The molecule has 0 spiro atoms. The Morgan fingerprint density at radius 3 is 1.69 bits per heavy atom. The number of alkyl halides is 1. The number of carbonyl (C=O) groups is 2. The molecule has 0 amide bonds. The number of allylic oxidation sites excluding steroid dienone is 2. The van der Waals surface area contributed by atoms with E-state index in [4.69, 9.17) is 0 Å². The summed E-state index contributed by atoms with van der Waals surface area (Å²) in [5.41, 5.74) is 0. The zero-order valence-electron chi connectivity index (χ0n) is 9.05. The van der Waals surface area contributed by atoms with E-state index in [-0.39, 0.29) is 0 Å². The normalized spacial score (nSPS) is 39.8. The Bertz CT molecular complexity index is 320. The fourth-order valence-electron chi connectivity index (χ4n) is 2.72. The van der Waals surface area contributed by atoms with Crippen molar-refractivity contribution in [3.05, 3.63) is 12.2 Å². The van der Waals surface area contributed by atoms with E-state index in [0.29, 0.717) is 0 Å². The standard InChI is InChI=1S/C11H13FO4/c1-15-10(13)7-5-3-4-6(9(5)12)8(7)11(14)16-2/h3-9H,1-2H3/t5-,6+,7+,8-,9?. The number of halogens is 1. The minimum Gasteiger partial charge on any atom is -0.469 e. The monoisotopic (exact) mass is 228 g/mol. The Morgan fingerprint density at radius 2 is 1.38 bits per heavy atom. The van der Waals surface area contributed by atoms with Gasteiger partial charge >= 0.3 is 11.9 Å². The molecule has 0 heterocycles. The number of fused-ring (bicyclic) bond motifs is 2. The first kappa shape index (κ1) is 11.1. The van der Waals surface area contributed by atoms with Crippen LogP contribution in [0.3, 0.4) is 0 Å². The van der Waals surface area contributed by atoms with Crippen LogP contribution in [0, 0.1) is 23.7 Å². The zero-order chi connectivity index (χ0) is 11.9. The van der Waals surface area contributed by atoms with Crippen LogP contribution in [0.4, 0.5) is 4.39 Å². The van der Waals surface area contributed by atoms with Gasteiger partial charge in [-0.15, -0.1) is 0 Å². The summed E-state index contributed by atoms with van der Waals surface area (Å²) >= 11 is 0. The number of rotatable bonds is 2. The van der Waals surface area contributed by atoms with Gasteiger partial charge in [0.05, 0.1) is 26.1 Å². The summed E-state index contributed by atoms with van der Waals surface area (Å²) in [5, 5.41) is 0. The zero-order valence-corrected chi connectivity index (χ0v) is 9.05. The molecule has 0 radical (unpaired) electrons. The molecule has 88 valence electrons. The van der Waals surface area contributed by atoms with Gasteiger partial charge in [0.2, 0.25) is 0 Å². The molecule has 0 aromatic rings. The maximum atomic E-state index is 13.8. The van der Waals surface area contributed by atoms with Crippen molar-refractivity contribution in [1.29, 1.82) is 0 Å². The number of hydrogen-bond donors (Lipinski definition) is 0. The number of ether oxygens (including phenoxy) is 2. The molecule has 0 aromatic carbocycles. The van der Waals surface area contributed by atoms with E-state index < -0.39 is 41.8 Å². The number of esters is 2. The van der Waals surface area contributed by atoms with Crippen molar-refractivity contribution in [1.82, 2.24) is 0 Å². The Labute approximate surface area is 92.4 Å². The molecule has 0 aliphatic heterocycles. The molecule has 0 N–H and O–H groups in total. The van der Waals surface area contributed by atoms with Crippen LogP contribution in [0.5, 0.6) is 0 Å². The van der Waals surface area contributed by atoms with Crippen molar-refractivity contribution in [2.45, 2.75) is 6.17 Å². The predicted molar refractivity (Wildman–Crippen MR) is 52.0 cm³/mol. The third-order valence-corrected chi connectivity index (χ3v) is 3.45. The first-order chi connectivity index (χ1) is 7.61. The van der Waals surface area contributed by atoms with Crippen molar-refractivity contribution in [2.24, 2.45) is 23.7 Å². The molecule has 5 atom stereocenters. The van der Waals surface area contributed by atoms with Gasteiger partial charge in [-0.2, -0.15) is 0 Å². The van der Waals surface area contributed by atoms with Crippen LogP contribution in [0.2, 0.25) is 0 Å². The fraction of sp³-hybridized carbons (Fsp3) is 0.636. The maximum Gasteiger partial charge on any atom is 0.310 e. The quantitative estimate of drug-likeness (QED) is 0.516. The van der Waals surface area contributed by atoms with Crippen LogP contribution in [-0.2, 0) is 19.1 Å². The molecule has 2 bridgehead atoms. The molecule has 5 heteroatoms. The first-order valence-corrected chi connectivity index (χ1v) is 5.10. The SMILES string of the molecule is COC(=O)[C@@H]1[C@H](C(=O)OC)[C@@H]2C=C[C@H]1C2F. The second-order valence-corrected chi connectivity index (χ2v) is 4.08. The minimum atomic E-state index is -1.19. The molecule has 1 fully saturated rings. The van der Waals surface area contributed by atoms with E-state index in [1.807, 2.05) is 0 Å². The lowest BCUT2D eigenvalue weighted by Crippen LogP contribution is -2.34. The number of carbonyl (C=O) groups excluding carboxylic acids is 2. The van der Waals surface area contributed by atoms with Crippen LogP contribution in [0.25, 0.3) is 0 Å². The van der Waals surface area contributed by atoms with Gasteiger partial charge in [-0.1, -0.05) is 12.2 Å². The molecule has 2 aliphatic rings. The summed E-state index contributed by atoms with van der Waals surface area (Å²) in [4.78, 5) is 23.1. The third kappa shape index (κ3) is 1.34. The van der Waals surface area contributed by atoms with Crippen molar-refractivity contribution < 1.29 is 23.5 Å². The van der Waals surface area contributed by atoms with Gasteiger partial charge < -0.3 is 9.47 Å². The molecule has 1 unspecified atom stereocenters. The van der Waals surface area contributed by atoms with E-state index in [9.17, 15) is 14.0 Å². The molecule has 2 aliphatic carbocycles. The summed E-state index contributed by atoms with van der Waals surface area (Å²) in [6.45, 7) is 0. The highest BCUT2D eigenvalue weighted by Gasteiger charge is 2.59. The topological polar surface area (TPSA) is 52.6 Å². The lowest BCUT2D eigenvalue weighted by atomic mass is 9.83. The lowest BCUT2D eigenvalue weighted by molar-refractivity contribution is -0.158. The predicted octanol–water partition coefficient (Wildman–Crippen LogP) is 0.719. The molecule has 16 heavy (non-hydrogen) atoms. The lowest BCUT2D eigenvalue weighted by Gasteiger charge is -2.22. The fourth-order valence-corrected chi connectivity index (χ4v) is 2.72. The van der Waals surface area contributed by atoms with Crippen LogP contribution >= 0.6 is 0 Å². The van der Waals surface area contributed by atoms with Gasteiger partial charge in [0.1, 0.15) is 6.17 Å². The minimum absolute atomic E-state index is 0.546. The smallest absolute Gasteiger partial charge is 0.310 e. The van der Waals surface area contributed by atoms with Crippen molar-refractivity contribution in [2.75, 3.05) is 14.2 Å². The van der Waals surface area contributed by atoms with E-state index in [0.717, 1.165) is 0 Å². The molecule has 0 aromatic heterocycles. The second kappa shape index (κ2) is 3.88. The number of methoxy groups -OCH3 is 2. The van der Waals surface area contributed by atoms with Crippen LogP contribution in [-0.4, -0.2) is 32.3 Å². The van der Waals surface area contributed by atoms with E-state index in [2.05, 4.69) is 9.47 Å². The van der Waals surface area contributed by atoms with Crippen LogP contribution < -0.4 is 0 Å². The Kier molecular flexibility index (Phi) is 2.69. The highest BCUT2D eigenvalue weighted by Crippen LogP contribution is 2.50. The van der Waals surface area contributed by atoms with Gasteiger partial charge in [-0.25, -0.2) is 4.39 Å². The van der Waals surface area contributed by atoms with E-state index >= 15 is 0 Å². The average molecular weight is 228 g/mol. The summed E-state index contributed by atoms with van der Waals surface area (Å²) in [6, 6.07) is 0. The molecule has 0 saturated heterocycles. The van der Waals surface area contributed by atoms with E-state index in [1.165, 1.54) is 14.2 Å². The van der Waals surface area contributed by atoms with Gasteiger partial charge in [0, 0.05) is 11.8 Å². The Hall–Kier alpha value is -1.39. The highest BCUT2D eigenvalue weighted by atomic mass is 19.1. The van der Waals surface area contributed by atoms with Gasteiger partial charge in [-0.3, -0.25) is 9.59 Å². The third-order valence-electron chi connectivity index (χ3n) is 3.45. The van der Waals surface area contributed by atoms with Gasteiger partial charge in [0.25, 0.3) is 0 Å². The average Bonchev–Trinajstić information content (AvgIpc) is 2.80. The van der Waals surface area contributed by atoms with E-state index in [1.54, 1.807) is 12.2 Å². The Morgan fingerprint density at radius 1 is 1.00 bits per heavy atom. The van der Waals surface area contributed by atoms with Crippen molar-refractivity contribution >= 4 is 11.9 Å². The molecule has 1 saturated carbocycles. The summed E-state index contributed by atoms with van der Waals surface area (Å²) < 4.78 is 23.0. The largest absolute Gasteiger partial charge is 0.469 e. The van der Waals surface area contributed by atoms with Crippen molar-refractivity contribution in [3.63, 3.8) is 0 Å². The number of hydrogen-bond acceptors (Lipinski definition) is 4. The Balaban J connectivity index is 2.31.